The van der Waals surface area contributed by atoms with E-state index in [2.05, 4.69) is 29.0 Å². The summed E-state index contributed by atoms with van der Waals surface area (Å²) >= 11 is 1.67. The van der Waals surface area contributed by atoms with Crippen molar-refractivity contribution in [3.8, 4) is 0 Å². The molecule has 0 aliphatic carbocycles. The summed E-state index contributed by atoms with van der Waals surface area (Å²) < 4.78 is 0. The van der Waals surface area contributed by atoms with E-state index < -0.39 is 0 Å². The fraction of sp³-hybridized carbons (Fsp3) is 0.643. The zero-order valence-electron chi connectivity index (χ0n) is 11.4. The minimum Gasteiger partial charge on any atom is -0.352 e. The number of carbonyl (C=O) groups is 1. The third-order valence-corrected chi connectivity index (χ3v) is 4.45. The molecule has 0 radical (unpaired) electrons. The number of amides is 1. The minimum atomic E-state index is 0. The molecule has 1 aromatic heterocycles. The van der Waals surface area contributed by atoms with Crippen LogP contribution in [-0.4, -0.2) is 19.0 Å². The van der Waals surface area contributed by atoms with Crippen molar-refractivity contribution >= 4 is 29.7 Å². The van der Waals surface area contributed by atoms with E-state index in [0.29, 0.717) is 24.8 Å². The number of hydrogen-bond acceptors (Lipinski definition) is 3. The highest BCUT2D eigenvalue weighted by atomic mass is 35.5. The van der Waals surface area contributed by atoms with Gasteiger partial charge in [-0.3, -0.25) is 4.79 Å². The molecule has 2 N–H and O–H groups in total. The van der Waals surface area contributed by atoms with Crippen molar-refractivity contribution in [2.45, 2.75) is 32.7 Å². The first-order valence-electron chi connectivity index (χ1n) is 6.74. The topological polar surface area (TPSA) is 41.1 Å². The van der Waals surface area contributed by atoms with Gasteiger partial charge in [0.25, 0.3) is 0 Å². The summed E-state index contributed by atoms with van der Waals surface area (Å²) in [6.45, 7) is 5.06. The largest absolute Gasteiger partial charge is 0.352 e. The summed E-state index contributed by atoms with van der Waals surface area (Å²) in [5, 5.41) is 10.5. The molecule has 2 atom stereocenters. The van der Waals surface area contributed by atoms with Crippen LogP contribution >= 0.6 is 23.7 Å². The lowest BCUT2D eigenvalue weighted by atomic mass is 9.85. The first-order valence-corrected chi connectivity index (χ1v) is 7.68. The van der Waals surface area contributed by atoms with E-state index in [0.717, 1.165) is 13.1 Å². The van der Waals surface area contributed by atoms with Crippen molar-refractivity contribution in [2.75, 3.05) is 13.1 Å². The second-order valence-electron chi connectivity index (χ2n) is 5.20. The Kier molecular flexibility index (Phi) is 7.42. The Morgan fingerprint density at radius 1 is 1.63 bits per heavy atom. The molecule has 1 fully saturated rings. The second kappa shape index (κ2) is 8.56. The summed E-state index contributed by atoms with van der Waals surface area (Å²) in [6, 6.07) is 2.05. The summed E-state index contributed by atoms with van der Waals surface area (Å²) in [7, 11) is 0. The van der Waals surface area contributed by atoms with Crippen molar-refractivity contribution in [3.63, 3.8) is 0 Å². The molecule has 108 valence electrons. The summed E-state index contributed by atoms with van der Waals surface area (Å²) in [6.07, 6.45) is 3.15. The first-order chi connectivity index (χ1) is 8.75. The number of piperidine rings is 1. The monoisotopic (exact) mass is 302 g/mol. The van der Waals surface area contributed by atoms with Gasteiger partial charge in [0.05, 0.1) is 0 Å². The molecular formula is C14H23ClN2OS. The molecule has 2 unspecified atom stereocenters. The van der Waals surface area contributed by atoms with E-state index in [1.54, 1.807) is 11.3 Å². The molecule has 1 aliphatic rings. The highest BCUT2D eigenvalue weighted by Crippen LogP contribution is 2.22. The average Bonchev–Trinajstić information content (AvgIpc) is 2.90. The Morgan fingerprint density at radius 2 is 2.47 bits per heavy atom. The van der Waals surface area contributed by atoms with Crippen molar-refractivity contribution in [3.05, 3.63) is 22.4 Å². The zero-order valence-corrected chi connectivity index (χ0v) is 13.0. The van der Waals surface area contributed by atoms with Crippen molar-refractivity contribution in [1.29, 1.82) is 0 Å². The van der Waals surface area contributed by atoms with Gasteiger partial charge in [0.15, 0.2) is 0 Å². The van der Waals surface area contributed by atoms with Crippen LogP contribution < -0.4 is 10.6 Å². The molecule has 3 nitrogen and oxygen atoms in total. The Balaban J connectivity index is 0.00000180. The van der Waals surface area contributed by atoms with E-state index in [1.165, 1.54) is 18.4 Å². The number of halogens is 1. The van der Waals surface area contributed by atoms with Crippen LogP contribution in [0.15, 0.2) is 16.8 Å². The standard InChI is InChI=1S/C14H22N2OS.ClH/c1-11(13-3-2-5-15-9-13)7-14(17)16-8-12-4-6-18-10-12;/h4,6,10-11,13,15H,2-3,5,7-9H2,1H3,(H,16,17);1H. The van der Waals surface area contributed by atoms with Gasteiger partial charge in [-0.25, -0.2) is 0 Å². The number of rotatable bonds is 5. The Hall–Kier alpha value is -0.580. The molecule has 2 rings (SSSR count). The summed E-state index contributed by atoms with van der Waals surface area (Å²) in [5.41, 5.74) is 1.19. The highest BCUT2D eigenvalue weighted by Gasteiger charge is 2.21. The number of carbonyl (C=O) groups excluding carboxylic acids is 1. The van der Waals surface area contributed by atoms with Gasteiger partial charge in [-0.15, -0.1) is 12.4 Å². The lowest BCUT2D eigenvalue weighted by Gasteiger charge is -2.28. The van der Waals surface area contributed by atoms with Gasteiger partial charge in [-0.2, -0.15) is 11.3 Å². The van der Waals surface area contributed by atoms with Crippen LogP contribution in [0.3, 0.4) is 0 Å². The maximum Gasteiger partial charge on any atom is 0.220 e. The number of hydrogen-bond donors (Lipinski definition) is 2. The van der Waals surface area contributed by atoms with E-state index in [-0.39, 0.29) is 18.3 Å². The molecule has 19 heavy (non-hydrogen) atoms. The van der Waals surface area contributed by atoms with E-state index in [9.17, 15) is 4.79 Å². The van der Waals surface area contributed by atoms with Crippen LogP contribution in [0, 0.1) is 11.8 Å². The molecule has 1 saturated heterocycles. The molecule has 1 aliphatic heterocycles. The van der Waals surface area contributed by atoms with Crippen molar-refractivity contribution in [2.24, 2.45) is 11.8 Å². The Labute approximate surface area is 125 Å². The van der Waals surface area contributed by atoms with Crippen LogP contribution in [0.1, 0.15) is 31.7 Å². The maximum absolute atomic E-state index is 11.9. The quantitative estimate of drug-likeness (QED) is 0.878. The van der Waals surface area contributed by atoms with Gasteiger partial charge in [0.1, 0.15) is 0 Å². The molecular weight excluding hydrogens is 280 g/mol. The first kappa shape index (κ1) is 16.5. The molecule has 0 spiro atoms. The fourth-order valence-electron chi connectivity index (χ4n) is 2.49. The van der Waals surface area contributed by atoms with Gasteiger partial charge >= 0.3 is 0 Å². The SMILES string of the molecule is CC(CC(=O)NCc1ccsc1)C1CCCNC1.Cl. The van der Waals surface area contributed by atoms with Crippen LogP contribution in [0.25, 0.3) is 0 Å². The fourth-order valence-corrected chi connectivity index (χ4v) is 3.16. The third kappa shape index (κ3) is 5.51. The van der Waals surface area contributed by atoms with Crippen molar-refractivity contribution in [1.82, 2.24) is 10.6 Å². The van der Waals surface area contributed by atoms with E-state index in [1.807, 2.05) is 5.38 Å². The second-order valence-corrected chi connectivity index (χ2v) is 5.98. The van der Waals surface area contributed by atoms with Gasteiger partial charge in [-0.05, 0) is 60.2 Å². The van der Waals surface area contributed by atoms with Crippen molar-refractivity contribution < 1.29 is 4.79 Å². The van der Waals surface area contributed by atoms with Gasteiger partial charge in [0.2, 0.25) is 5.91 Å². The molecule has 0 saturated carbocycles. The molecule has 5 heteroatoms. The van der Waals surface area contributed by atoms with E-state index >= 15 is 0 Å². The molecule has 1 amide bonds. The van der Waals surface area contributed by atoms with Crippen LogP contribution in [0.2, 0.25) is 0 Å². The normalized spacial score (nSPS) is 20.4. The van der Waals surface area contributed by atoms with Gasteiger partial charge in [0, 0.05) is 13.0 Å². The van der Waals surface area contributed by atoms with Gasteiger partial charge < -0.3 is 10.6 Å². The summed E-state index contributed by atoms with van der Waals surface area (Å²) in [5.74, 6) is 1.31. The lowest BCUT2D eigenvalue weighted by Crippen LogP contribution is -2.35. The van der Waals surface area contributed by atoms with Gasteiger partial charge in [-0.1, -0.05) is 6.92 Å². The predicted octanol–water partition coefficient (Wildman–Crippen LogP) is 2.81. The van der Waals surface area contributed by atoms with Crippen LogP contribution in [0.5, 0.6) is 0 Å². The summed E-state index contributed by atoms with van der Waals surface area (Å²) in [4.78, 5) is 11.9. The van der Waals surface area contributed by atoms with E-state index in [4.69, 9.17) is 0 Å². The maximum atomic E-state index is 11.9. The van der Waals surface area contributed by atoms with Crippen LogP contribution in [0.4, 0.5) is 0 Å². The predicted molar refractivity (Wildman–Crippen MR) is 82.8 cm³/mol. The molecule has 0 aromatic carbocycles. The number of nitrogens with one attached hydrogen (secondary N) is 2. The molecule has 0 bridgehead atoms. The minimum absolute atomic E-state index is 0. The Bertz CT molecular complexity index is 364. The molecule has 2 heterocycles. The Morgan fingerprint density at radius 3 is 3.11 bits per heavy atom. The number of thiophene rings is 1. The lowest BCUT2D eigenvalue weighted by molar-refractivity contribution is -0.122. The van der Waals surface area contributed by atoms with Crippen LogP contribution in [-0.2, 0) is 11.3 Å². The smallest absolute Gasteiger partial charge is 0.220 e. The zero-order chi connectivity index (χ0) is 12.8. The molecule has 1 aromatic rings. The third-order valence-electron chi connectivity index (χ3n) is 3.72. The average molecular weight is 303 g/mol. The highest BCUT2D eigenvalue weighted by molar-refractivity contribution is 7.07.